The van der Waals surface area contributed by atoms with Crippen LogP contribution in [0.4, 0.5) is 0 Å². The first-order chi connectivity index (χ1) is 14.9. The SMILES string of the molecule is CC1(C)c2cc(OC[C@H](O)CO)ccc2C(=O)c2c1[nH]c1cc(-c3cncs3)ccc21. The third-order valence-electron chi connectivity index (χ3n) is 5.93. The van der Waals surface area contributed by atoms with Gasteiger partial charge in [0.15, 0.2) is 5.78 Å². The second-order valence-corrected chi connectivity index (χ2v) is 9.20. The highest BCUT2D eigenvalue weighted by Gasteiger charge is 2.39. The molecular weight excluding hydrogens is 412 g/mol. The van der Waals surface area contributed by atoms with Crippen molar-refractivity contribution in [3.63, 3.8) is 0 Å². The Balaban J connectivity index is 1.60. The molecule has 0 radical (unpaired) electrons. The highest BCUT2D eigenvalue weighted by atomic mass is 32.1. The second kappa shape index (κ2) is 7.30. The van der Waals surface area contributed by atoms with Gasteiger partial charge in [-0.15, -0.1) is 11.3 Å². The zero-order chi connectivity index (χ0) is 21.8. The number of nitrogens with zero attached hydrogens (tertiary/aromatic N) is 1. The highest BCUT2D eigenvalue weighted by molar-refractivity contribution is 7.13. The van der Waals surface area contributed by atoms with Gasteiger partial charge < -0.3 is 19.9 Å². The number of nitrogens with one attached hydrogen (secondary N) is 1. The van der Waals surface area contributed by atoms with Crippen molar-refractivity contribution in [3.05, 3.63) is 70.5 Å². The number of rotatable bonds is 5. The Kier molecular flexibility index (Phi) is 4.69. The first-order valence-corrected chi connectivity index (χ1v) is 10.9. The van der Waals surface area contributed by atoms with E-state index in [4.69, 9.17) is 9.84 Å². The van der Waals surface area contributed by atoms with Gasteiger partial charge in [-0.1, -0.05) is 26.0 Å². The number of ether oxygens (including phenoxy) is 1. The van der Waals surface area contributed by atoms with E-state index in [0.717, 1.165) is 32.6 Å². The number of hydrogen-bond acceptors (Lipinski definition) is 6. The van der Waals surface area contributed by atoms with Crippen LogP contribution < -0.4 is 4.74 Å². The number of carbonyl (C=O) groups excluding carboxylic acids is 1. The molecule has 0 bridgehead atoms. The van der Waals surface area contributed by atoms with Crippen LogP contribution in [0.1, 0.15) is 41.0 Å². The van der Waals surface area contributed by atoms with Crippen LogP contribution >= 0.6 is 11.3 Å². The van der Waals surface area contributed by atoms with Gasteiger partial charge in [0.1, 0.15) is 18.5 Å². The molecule has 1 aliphatic rings. The summed E-state index contributed by atoms with van der Waals surface area (Å²) in [7, 11) is 0. The van der Waals surface area contributed by atoms with Crippen molar-refractivity contribution in [1.29, 1.82) is 0 Å². The minimum Gasteiger partial charge on any atom is -0.491 e. The largest absolute Gasteiger partial charge is 0.491 e. The Hall–Kier alpha value is -3.00. The van der Waals surface area contributed by atoms with Crippen LogP contribution in [0.5, 0.6) is 5.75 Å². The molecule has 1 aliphatic carbocycles. The van der Waals surface area contributed by atoms with Gasteiger partial charge in [-0.05, 0) is 35.4 Å². The van der Waals surface area contributed by atoms with E-state index in [9.17, 15) is 9.90 Å². The van der Waals surface area contributed by atoms with Crippen molar-refractivity contribution < 1.29 is 19.7 Å². The van der Waals surface area contributed by atoms with Gasteiger partial charge in [-0.25, -0.2) is 0 Å². The zero-order valence-electron chi connectivity index (χ0n) is 17.2. The molecule has 31 heavy (non-hydrogen) atoms. The van der Waals surface area contributed by atoms with Crippen LogP contribution in [-0.2, 0) is 5.41 Å². The fourth-order valence-corrected chi connectivity index (χ4v) is 4.88. The molecule has 1 atom stereocenters. The minimum atomic E-state index is -0.946. The zero-order valence-corrected chi connectivity index (χ0v) is 18.0. The highest BCUT2D eigenvalue weighted by Crippen LogP contribution is 2.45. The first-order valence-electron chi connectivity index (χ1n) is 10.1. The lowest BCUT2D eigenvalue weighted by atomic mass is 9.71. The number of fused-ring (bicyclic) bond motifs is 4. The number of aliphatic hydroxyl groups excluding tert-OH is 2. The number of aromatic amines is 1. The fourth-order valence-electron chi connectivity index (χ4n) is 4.26. The molecule has 0 fully saturated rings. The molecule has 0 amide bonds. The van der Waals surface area contributed by atoms with Gasteiger partial charge in [0.05, 0.1) is 22.6 Å². The number of benzene rings is 2. The van der Waals surface area contributed by atoms with Crippen molar-refractivity contribution >= 4 is 28.0 Å². The van der Waals surface area contributed by atoms with E-state index in [-0.39, 0.29) is 19.0 Å². The van der Waals surface area contributed by atoms with Crippen molar-refractivity contribution in [2.45, 2.75) is 25.4 Å². The Morgan fingerprint density at radius 1 is 1.23 bits per heavy atom. The van der Waals surface area contributed by atoms with Crippen LogP contribution in [0.15, 0.2) is 48.1 Å². The van der Waals surface area contributed by atoms with E-state index in [1.54, 1.807) is 23.5 Å². The summed E-state index contributed by atoms with van der Waals surface area (Å²) < 4.78 is 5.62. The Labute approximate surface area is 183 Å². The summed E-state index contributed by atoms with van der Waals surface area (Å²) in [5, 5.41) is 19.5. The van der Waals surface area contributed by atoms with E-state index in [2.05, 4.69) is 29.9 Å². The molecule has 7 heteroatoms. The van der Waals surface area contributed by atoms with Crippen LogP contribution in [-0.4, -0.2) is 45.3 Å². The lowest BCUT2D eigenvalue weighted by molar-refractivity contribution is 0.0535. The van der Waals surface area contributed by atoms with Crippen LogP contribution in [0.2, 0.25) is 0 Å². The Bertz CT molecular complexity index is 1290. The van der Waals surface area contributed by atoms with Crippen LogP contribution in [0.3, 0.4) is 0 Å². The summed E-state index contributed by atoms with van der Waals surface area (Å²) in [6.07, 6.45) is 0.897. The standard InChI is InChI=1S/C24H22N2O4S/c1-24(2)18-8-15(30-11-14(28)10-27)4-6-16(18)22(29)21-17-5-3-13(20-9-25-12-31-20)7-19(17)26-23(21)24/h3-9,12,14,26-28H,10-11H2,1-2H3/t14-/m1/s1. The molecule has 0 saturated carbocycles. The molecule has 3 N–H and O–H groups in total. The Morgan fingerprint density at radius 3 is 2.81 bits per heavy atom. The quantitative estimate of drug-likeness (QED) is 0.443. The summed E-state index contributed by atoms with van der Waals surface area (Å²) in [6.45, 7) is 3.80. The van der Waals surface area contributed by atoms with Crippen molar-refractivity contribution in [3.8, 4) is 16.2 Å². The third kappa shape index (κ3) is 3.17. The fraction of sp³-hybridized carbons (Fsp3) is 0.250. The molecule has 4 aromatic rings. The lowest BCUT2D eigenvalue weighted by Crippen LogP contribution is -2.30. The van der Waals surface area contributed by atoms with Gasteiger partial charge in [0.2, 0.25) is 0 Å². The molecule has 2 heterocycles. The second-order valence-electron chi connectivity index (χ2n) is 8.31. The molecule has 0 saturated heterocycles. The van der Waals surface area contributed by atoms with Gasteiger partial charge in [0, 0.05) is 33.8 Å². The molecule has 0 unspecified atom stereocenters. The summed E-state index contributed by atoms with van der Waals surface area (Å²) in [5.41, 5.74) is 6.47. The number of aliphatic hydroxyl groups is 2. The van der Waals surface area contributed by atoms with Gasteiger partial charge in [0.25, 0.3) is 0 Å². The number of carbonyl (C=O) groups is 1. The maximum absolute atomic E-state index is 13.5. The van der Waals surface area contributed by atoms with Crippen LogP contribution in [0.25, 0.3) is 21.3 Å². The maximum Gasteiger partial charge on any atom is 0.195 e. The number of thiazole rings is 1. The number of H-pyrrole nitrogens is 1. The molecular formula is C24H22N2O4S. The molecule has 0 aliphatic heterocycles. The molecule has 2 aromatic carbocycles. The van der Waals surface area contributed by atoms with Gasteiger partial charge in [-0.3, -0.25) is 9.78 Å². The van der Waals surface area contributed by atoms with E-state index in [0.29, 0.717) is 16.9 Å². The average molecular weight is 435 g/mol. The summed E-state index contributed by atoms with van der Waals surface area (Å²) in [4.78, 5) is 22.2. The summed E-state index contributed by atoms with van der Waals surface area (Å²) in [5.74, 6) is 0.544. The van der Waals surface area contributed by atoms with Gasteiger partial charge >= 0.3 is 0 Å². The third-order valence-corrected chi connectivity index (χ3v) is 6.75. The van der Waals surface area contributed by atoms with E-state index < -0.39 is 11.5 Å². The van der Waals surface area contributed by atoms with Crippen molar-refractivity contribution in [1.82, 2.24) is 9.97 Å². The van der Waals surface area contributed by atoms with Crippen LogP contribution in [0, 0.1) is 0 Å². The van der Waals surface area contributed by atoms with Crippen molar-refractivity contribution in [2.75, 3.05) is 13.2 Å². The predicted molar refractivity (Wildman–Crippen MR) is 120 cm³/mol. The number of aromatic nitrogens is 2. The van der Waals surface area contributed by atoms with E-state index in [1.165, 1.54) is 0 Å². The van der Waals surface area contributed by atoms with E-state index >= 15 is 0 Å². The average Bonchev–Trinajstić information content (AvgIpc) is 3.44. The summed E-state index contributed by atoms with van der Waals surface area (Å²) in [6, 6.07) is 11.5. The predicted octanol–water partition coefficient (Wildman–Crippen LogP) is 3.89. The number of hydrogen-bond donors (Lipinski definition) is 3. The first kappa shape index (κ1) is 19.9. The monoisotopic (exact) mass is 434 g/mol. The number of ketones is 1. The molecule has 6 nitrogen and oxygen atoms in total. The lowest BCUT2D eigenvalue weighted by Gasteiger charge is -2.32. The molecule has 5 rings (SSSR count). The normalized spacial score (nSPS) is 15.5. The van der Waals surface area contributed by atoms with Crippen molar-refractivity contribution in [2.24, 2.45) is 0 Å². The van der Waals surface area contributed by atoms with Gasteiger partial charge in [-0.2, -0.15) is 0 Å². The molecule has 0 spiro atoms. The van der Waals surface area contributed by atoms with E-state index in [1.807, 2.05) is 29.9 Å². The summed E-state index contributed by atoms with van der Waals surface area (Å²) >= 11 is 1.58. The topological polar surface area (TPSA) is 95.4 Å². The molecule has 2 aromatic heterocycles. The molecule has 158 valence electrons. The smallest absolute Gasteiger partial charge is 0.195 e. The maximum atomic E-state index is 13.5. The minimum absolute atomic E-state index is 0.0111. The Morgan fingerprint density at radius 2 is 2.06 bits per heavy atom.